The third kappa shape index (κ3) is 4.87. The Morgan fingerprint density at radius 1 is 1.33 bits per heavy atom. The maximum Gasteiger partial charge on any atom is 0.264 e. The van der Waals surface area contributed by atoms with Crippen LogP contribution >= 0.6 is 12.2 Å². The molecule has 24 heavy (non-hydrogen) atoms. The summed E-state index contributed by atoms with van der Waals surface area (Å²) < 4.78 is 1.74. The Bertz CT molecular complexity index is 810. The van der Waals surface area contributed by atoms with E-state index in [1.807, 2.05) is 44.4 Å². The zero-order valence-corrected chi connectivity index (χ0v) is 14.8. The predicted octanol–water partition coefficient (Wildman–Crippen LogP) is 0.418. The summed E-state index contributed by atoms with van der Waals surface area (Å²) >= 11 is 5.17. The molecule has 6 nitrogen and oxygen atoms in total. The Kier molecular flexibility index (Phi) is 6.45. The standard InChI is InChI=1S/C17H22N4O2S/c1-20(2)11-9-18-12-14-15(22)19-17(24)21(16(14)23)10-8-13-6-4-3-5-7-13/h3-7,12,23H,8-11H2,1-2H3,(H,19,22,24)/p+1. The third-order valence-corrected chi connectivity index (χ3v) is 3.96. The number of likely N-dealkylation sites (N-methyl/N-ethyl adjacent to an activating group) is 1. The maximum absolute atomic E-state index is 12.0. The highest BCUT2D eigenvalue weighted by Gasteiger charge is 2.11. The first-order valence-corrected chi connectivity index (χ1v) is 8.28. The van der Waals surface area contributed by atoms with Crippen LogP contribution in [0, 0.1) is 4.77 Å². The van der Waals surface area contributed by atoms with Crippen molar-refractivity contribution < 1.29 is 10.0 Å². The van der Waals surface area contributed by atoms with Gasteiger partial charge in [-0.1, -0.05) is 30.3 Å². The largest absolute Gasteiger partial charge is 0.494 e. The van der Waals surface area contributed by atoms with Crippen LogP contribution in [0.3, 0.4) is 0 Å². The van der Waals surface area contributed by atoms with Gasteiger partial charge in [-0.15, -0.1) is 0 Å². The van der Waals surface area contributed by atoms with E-state index in [4.69, 9.17) is 12.2 Å². The highest BCUT2D eigenvalue weighted by molar-refractivity contribution is 7.71. The quantitative estimate of drug-likeness (QED) is 0.502. The molecule has 0 radical (unpaired) electrons. The van der Waals surface area contributed by atoms with Crippen molar-refractivity contribution in [3.05, 3.63) is 56.6 Å². The van der Waals surface area contributed by atoms with E-state index in [-0.39, 0.29) is 16.2 Å². The van der Waals surface area contributed by atoms with Gasteiger partial charge in [0.15, 0.2) is 4.77 Å². The van der Waals surface area contributed by atoms with Gasteiger partial charge in [-0.05, 0) is 24.2 Å². The molecule has 0 amide bonds. The number of rotatable bonds is 7. The third-order valence-electron chi connectivity index (χ3n) is 3.64. The van der Waals surface area contributed by atoms with Gasteiger partial charge in [0.05, 0.1) is 27.2 Å². The Labute approximate surface area is 146 Å². The fraction of sp³-hybridized carbons (Fsp3) is 0.353. The van der Waals surface area contributed by atoms with E-state index in [0.717, 1.165) is 12.1 Å². The molecular formula is C17H23N4O2S+. The van der Waals surface area contributed by atoms with Gasteiger partial charge in [-0.25, -0.2) is 0 Å². The first kappa shape index (κ1) is 18.1. The number of H-pyrrole nitrogens is 1. The van der Waals surface area contributed by atoms with E-state index >= 15 is 0 Å². The Hall–Kier alpha value is -2.25. The number of quaternary nitrogens is 1. The molecule has 1 aromatic heterocycles. The van der Waals surface area contributed by atoms with Crippen molar-refractivity contribution >= 4 is 18.4 Å². The summed E-state index contributed by atoms with van der Waals surface area (Å²) in [4.78, 5) is 20.1. The molecule has 128 valence electrons. The summed E-state index contributed by atoms with van der Waals surface area (Å²) in [5, 5.41) is 10.4. The van der Waals surface area contributed by atoms with E-state index in [0.29, 0.717) is 19.5 Å². The molecule has 1 heterocycles. The van der Waals surface area contributed by atoms with Crippen molar-refractivity contribution in [2.75, 3.05) is 27.2 Å². The number of nitrogens with zero attached hydrogens (tertiary/aromatic N) is 2. The van der Waals surface area contributed by atoms with Gasteiger partial charge < -0.3 is 10.0 Å². The number of hydrogen-bond donors (Lipinski definition) is 3. The molecule has 2 aromatic rings. The molecule has 7 heteroatoms. The van der Waals surface area contributed by atoms with Crippen molar-refractivity contribution in [1.82, 2.24) is 9.55 Å². The molecule has 0 aliphatic heterocycles. The second-order valence-corrected chi connectivity index (χ2v) is 6.26. The van der Waals surface area contributed by atoms with E-state index in [2.05, 4.69) is 9.98 Å². The lowest BCUT2D eigenvalue weighted by Gasteiger charge is -2.11. The lowest BCUT2D eigenvalue weighted by atomic mass is 10.1. The second-order valence-electron chi connectivity index (χ2n) is 5.88. The second kappa shape index (κ2) is 8.56. The van der Waals surface area contributed by atoms with Crippen LogP contribution in [0.15, 0.2) is 40.1 Å². The van der Waals surface area contributed by atoms with Crippen molar-refractivity contribution in [1.29, 1.82) is 0 Å². The highest BCUT2D eigenvalue weighted by Crippen LogP contribution is 2.13. The van der Waals surface area contributed by atoms with E-state index < -0.39 is 5.56 Å². The fourth-order valence-electron chi connectivity index (χ4n) is 2.23. The highest BCUT2D eigenvalue weighted by atomic mass is 32.1. The van der Waals surface area contributed by atoms with Crippen LogP contribution < -0.4 is 10.5 Å². The molecule has 0 saturated heterocycles. The number of aliphatic imine (C=N–C) groups is 1. The number of aryl methyl sites for hydroxylation is 1. The van der Waals surface area contributed by atoms with Gasteiger partial charge in [0.2, 0.25) is 5.88 Å². The lowest BCUT2D eigenvalue weighted by molar-refractivity contribution is -0.856. The number of aromatic hydroxyl groups is 1. The lowest BCUT2D eigenvalue weighted by Crippen LogP contribution is -3.06. The Balaban J connectivity index is 2.21. The van der Waals surface area contributed by atoms with Crippen molar-refractivity contribution in [2.45, 2.75) is 13.0 Å². The summed E-state index contributed by atoms with van der Waals surface area (Å²) in [7, 11) is 4.06. The molecule has 2 rings (SSSR count). The number of benzene rings is 1. The zero-order valence-electron chi connectivity index (χ0n) is 14.0. The SMILES string of the molecule is C[NH+](C)CCN=Cc1c(O)n(CCc2ccccc2)c(=S)[nH]c1=O. The summed E-state index contributed by atoms with van der Waals surface area (Å²) in [6.07, 6.45) is 2.13. The summed E-state index contributed by atoms with van der Waals surface area (Å²) in [5.74, 6) is -0.138. The zero-order chi connectivity index (χ0) is 17.5. The molecule has 0 spiro atoms. The van der Waals surface area contributed by atoms with Gasteiger partial charge in [0, 0.05) is 12.8 Å². The molecule has 3 N–H and O–H groups in total. The molecule has 0 fully saturated rings. The van der Waals surface area contributed by atoms with Gasteiger partial charge in [0.1, 0.15) is 5.56 Å². The average Bonchev–Trinajstić information content (AvgIpc) is 2.54. The minimum atomic E-state index is -0.422. The Morgan fingerprint density at radius 2 is 2.04 bits per heavy atom. The van der Waals surface area contributed by atoms with E-state index in [1.54, 1.807) is 0 Å². The van der Waals surface area contributed by atoms with Gasteiger partial charge in [0.25, 0.3) is 5.56 Å². The molecule has 0 atom stereocenters. The minimum absolute atomic E-state index is 0.138. The monoisotopic (exact) mass is 347 g/mol. The van der Waals surface area contributed by atoms with Gasteiger partial charge in [-0.2, -0.15) is 0 Å². The summed E-state index contributed by atoms with van der Waals surface area (Å²) in [5.41, 5.74) is 0.856. The number of hydrogen-bond acceptors (Lipinski definition) is 4. The fourth-order valence-corrected chi connectivity index (χ4v) is 2.50. The van der Waals surface area contributed by atoms with E-state index in [9.17, 15) is 9.90 Å². The molecule has 1 aromatic carbocycles. The molecule has 0 unspecified atom stereocenters. The first-order chi connectivity index (χ1) is 11.5. The molecule has 0 saturated carbocycles. The maximum atomic E-state index is 12.0. The summed E-state index contributed by atoms with van der Waals surface area (Å²) in [6.45, 7) is 1.91. The minimum Gasteiger partial charge on any atom is -0.494 e. The van der Waals surface area contributed by atoms with Crippen LogP contribution in [0.5, 0.6) is 5.88 Å². The Morgan fingerprint density at radius 3 is 2.71 bits per heavy atom. The van der Waals surface area contributed by atoms with Crippen molar-refractivity contribution in [3.63, 3.8) is 0 Å². The predicted molar refractivity (Wildman–Crippen MR) is 97.8 cm³/mol. The topological polar surface area (TPSA) is 74.8 Å². The molecule has 0 aliphatic rings. The van der Waals surface area contributed by atoms with E-state index in [1.165, 1.54) is 15.7 Å². The number of nitrogens with one attached hydrogen (secondary N) is 2. The first-order valence-electron chi connectivity index (χ1n) is 7.88. The smallest absolute Gasteiger partial charge is 0.264 e. The number of aromatic nitrogens is 2. The normalized spacial score (nSPS) is 11.5. The molecular weight excluding hydrogens is 324 g/mol. The van der Waals surface area contributed by atoms with Gasteiger partial charge >= 0.3 is 0 Å². The van der Waals surface area contributed by atoms with Crippen LogP contribution in [-0.2, 0) is 13.0 Å². The van der Waals surface area contributed by atoms with Crippen molar-refractivity contribution in [2.24, 2.45) is 4.99 Å². The number of aromatic amines is 1. The van der Waals surface area contributed by atoms with Crippen LogP contribution in [0.4, 0.5) is 0 Å². The average molecular weight is 347 g/mol. The van der Waals surface area contributed by atoms with Crippen LogP contribution in [-0.4, -0.2) is 48.1 Å². The molecule has 0 bridgehead atoms. The van der Waals surface area contributed by atoms with Crippen molar-refractivity contribution in [3.8, 4) is 5.88 Å². The van der Waals surface area contributed by atoms with Crippen LogP contribution in [0.1, 0.15) is 11.1 Å². The summed E-state index contributed by atoms with van der Waals surface area (Å²) in [6, 6.07) is 9.91. The molecule has 0 aliphatic carbocycles. The van der Waals surface area contributed by atoms with Crippen LogP contribution in [0.25, 0.3) is 0 Å². The van der Waals surface area contributed by atoms with Crippen LogP contribution in [0.2, 0.25) is 0 Å². The van der Waals surface area contributed by atoms with Gasteiger partial charge in [-0.3, -0.25) is 19.3 Å².